The van der Waals surface area contributed by atoms with Gasteiger partial charge >= 0.3 is 0 Å². The van der Waals surface area contributed by atoms with Crippen molar-refractivity contribution in [3.05, 3.63) is 89.6 Å². The van der Waals surface area contributed by atoms with Crippen molar-refractivity contribution in [2.24, 2.45) is 0 Å². The number of allylic oxidation sites excluding steroid dienone is 5. The molecule has 0 radical (unpaired) electrons. The molecule has 30 heavy (non-hydrogen) atoms. The lowest BCUT2D eigenvalue weighted by atomic mass is 10.2. The molecule has 0 amide bonds. The van der Waals surface area contributed by atoms with Crippen LogP contribution < -0.4 is 5.32 Å². The van der Waals surface area contributed by atoms with E-state index in [1.807, 2.05) is 57.3 Å². The number of hydrogen-bond acceptors (Lipinski definition) is 6. The Hall–Kier alpha value is -3.98. The van der Waals surface area contributed by atoms with Gasteiger partial charge in [0.05, 0.1) is 11.6 Å². The van der Waals surface area contributed by atoms with Crippen LogP contribution >= 0.6 is 0 Å². The topological polar surface area (TPSA) is 91.8 Å². The molecule has 3 aromatic rings. The predicted molar refractivity (Wildman–Crippen MR) is 119 cm³/mol. The van der Waals surface area contributed by atoms with Gasteiger partial charge < -0.3 is 9.73 Å². The van der Waals surface area contributed by atoms with Gasteiger partial charge in [-0.1, -0.05) is 38.1 Å². The van der Waals surface area contributed by atoms with Crippen molar-refractivity contribution in [2.45, 2.75) is 20.3 Å². The Morgan fingerprint density at radius 1 is 1.20 bits per heavy atom. The standard InChI is InChI=1S/C14H13N3O.C8H5NO.C2H6/c1-15-11-5-2-4-10(7-8-11)14-17-13-12(18-14)6-3-9-16-13;9-5-7-2-1-3-8(4-7)6-10;1-2/h2-3,5-9,15H,4H2,1H3;1-4,6H;1-2H3. The molecule has 0 fully saturated rings. The largest absolute Gasteiger partial charge is 0.435 e. The number of pyridine rings is 1. The van der Waals surface area contributed by atoms with E-state index in [1.165, 1.54) is 0 Å². The Labute approximate surface area is 176 Å². The van der Waals surface area contributed by atoms with E-state index in [1.54, 1.807) is 30.5 Å². The molecule has 1 N–H and O–H groups in total. The number of fused-ring (bicyclic) bond motifs is 1. The van der Waals surface area contributed by atoms with Crippen LogP contribution in [-0.4, -0.2) is 23.3 Å². The van der Waals surface area contributed by atoms with Gasteiger partial charge in [0.15, 0.2) is 11.2 Å². The lowest BCUT2D eigenvalue weighted by Gasteiger charge is -1.95. The lowest BCUT2D eigenvalue weighted by molar-refractivity contribution is 0.112. The molecular weight excluding hydrogens is 376 g/mol. The summed E-state index contributed by atoms with van der Waals surface area (Å²) < 4.78 is 5.71. The number of nitriles is 1. The van der Waals surface area contributed by atoms with Gasteiger partial charge in [-0.2, -0.15) is 10.2 Å². The van der Waals surface area contributed by atoms with Gasteiger partial charge in [-0.25, -0.2) is 4.98 Å². The van der Waals surface area contributed by atoms with E-state index in [0.717, 1.165) is 29.6 Å². The summed E-state index contributed by atoms with van der Waals surface area (Å²) >= 11 is 0. The second kappa shape index (κ2) is 11.8. The average molecular weight is 400 g/mol. The molecule has 2 heterocycles. The minimum Gasteiger partial charge on any atom is -0.435 e. The van der Waals surface area contributed by atoms with Gasteiger partial charge in [0.2, 0.25) is 5.89 Å². The van der Waals surface area contributed by atoms with E-state index < -0.39 is 0 Å². The highest BCUT2D eigenvalue weighted by Gasteiger charge is 2.10. The molecule has 6 nitrogen and oxygen atoms in total. The summed E-state index contributed by atoms with van der Waals surface area (Å²) in [6, 6.07) is 12.2. The smallest absolute Gasteiger partial charge is 0.225 e. The number of nitrogens with zero attached hydrogens (tertiary/aromatic N) is 3. The molecule has 4 rings (SSSR count). The van der Waals surface area contributed by atoms with Crippen LogP contribution in [0.5, 0.6) is 0 Å². The van der Waals surface area contributed by atoms with Crippen molar-refractivity contribution in [3.8, 4) is 6.07 Å². The molecule has 0 atom stereocenters. The molecule has 2 aromatic heterocycles. The van der Waals surface area contributed by atoms with Crippen LogP contribution in [0.3, 0.4) is 0 Å². The molecule has 1 aliphatic carbocycles. The zero-order valence-corrected chi connectivity index (χ0v) is 17.3. The monoisotopic (exact) mass is 400 g/mol. The summed E-state index contributed by atoms with van der Waals surface area (Å²) in [5.41, 5.74) is 4.55. The van der Waals surface area contributed by atoms with E-state index in [2.05, 4.69) is 21.4 Å². The van der Waals surface area contributed by atoms with E-state index in [4.69, 9.17) is 9.68 Å². The van der Waals surface area contributed by atoms with Crippen LogP contribution in [0.4, 0.5) is 0 Å². The number of benzene rings is 1. The number of nitrogens with one attached hydrogen (secondary N) is 1. The Morgan fingerprint density at radius 3 is 2.73 bits per heavy atom. The second-order valence-electron chi connectivity index (χ2n) is 5.87. The van der Waals surface area contributed by atoms with Crippen molar-refractivity contribution in [3.63, 3.8) is 0 Å². The fraction of sp³-hybridized carbons (Fsp3) is 0.167. The first-order valence-electron chi connectivity index (χ1n) is 9.66. The summed E-state index contributed by atoms with van der Waals surface area (Å²) in [5.74, 6) is 0.641. The maximum atomic E-state index is 10.2. The fourth-order valence-corrected chi connectivity index (χ4v) is 2.54. The maximum Gasteiger partial charge on any atom is 0.225 e. The van der Waals surface area contributed by atoms with Crippen LogP contribution in [0, 0.1) is 11.3 Å². The number of hydrogen-bond donors (Lipinski definition) is 1. The van der Waals surface area contributed by atoms with Gasteiger partial charge in [-0.15, -0.1) is 0 Å². The van der Waals surface area contributed by atoms with Crippen LogP contribution in [0.2, 0.25) is 0 Å². The SMILES string of the molecule is CC.CNC1=CC=C(c2nc3ncccc3o2)CC=C1.N#Cc1cccc(C=O)c1. The van der Waals surface area contributed by atoms with E-state index in [-0.39, 0.29) is 0 Å². The first kappa shape index (κ1) is 22.3. The highest BCUT2D eigenvalue weighted by molar-refractivity contribution is 5.75. The third kappa shape index (κ3) is 6.01. The quantitative estimate of drug-likeness (QED) is 0.617. The number of rotatable bonds is 3. The summed E-state index contributed by atoms with van der Waals surface area (Å²) in [5, 5.41) is 11.5. The van der Waals surface area contributed by atoms with Crippen LogP contribution in [0.25, 0.3) is 16.8 Å². The van der Waals surface area contributed by atoms with E-state index in [9.17, 15) is 4.79 Å². The van der Waals surface area contributed by atoms with Crippen molar-refractivity contribution in [1.29, 1.82) is 5.26 Å². The Morgan fingerprint density at radius 2 is 2.03 bits per heavy atom. The first-order valence-corrected chi connectivity index (χ1v) is 9.66. The highest BCUT2D eigenvalue weighted by atomic mass is 16.3. The number of likely N-dealkylation sites (N-methyl/N-ethyl adjacent to an activating group) is 1. The maximum absolute atomic E-state index is 10.2. The van der Waals surface area contributed by atoms with Crippen molar-refractivity contribution < 1.29 is 9.21 Å². The van der Waals surface area contributed by atoms with Crippen LogP contribution in [-0.2, 0) is 0 Å². The van der Waals surface area contributed by atoms with Gasteiger partial charge in [0, 0.05) is 30.1 Å². The zero-order valence-electron chi connectivity index (χ0n) is 17.3. The van der Waals surface area contributed by atoms with Crippen LogP contribution in [0.1, 0.15) is 42.1 Å². The third-order valence-electron chi connectivity index (χ3n) is 3.98. The molecule has 1 aliphatic rings. The molecular formula is C24H24N4O2. The van der Waals surface area contributed by atoms with Crippen LogP contribution in [0.15, 0.2) is 77.0 Å². The molecule has 0 saturated carbocycles. The van der Waals surface area contributed by atoms with Crippen molar-refractivity contribution >= 4 is 23.1 Å². The third-order valence-corrected chi connectivity index (χ3v) is 3.98. The Kier molecular flexibility index (Phi) is 8.75. The fourth-order valence-electron chi connectivity index (χ4n) is 2.54. The summed E-state index contributed by atoms with van der Waals surface area (Å²) in [7, 11) is 1.90. The van der Waals surface area contributed by atoms with E-state index in [0.29, 0.717) is 22.7 Å². The highest BCUT2D eigenvalue weighted by Crippen LogP contribution is 2.24. The number of aromatic nitrogens is 2. The average Bonchev–Trinajstić information content (AvgIpc) is 3.10. The van der Waals surface area contributed by atoms with Crippen molar-refractivity contribution in [2.75, 3.05) is 7.05 Å². The number of aldehydes is 1. The van der Waals surface area contributed by atoms with Gasteiger partial charge in [-0.05, 0) is 42.8 Å². The Bertz CT molecular complexity index is 1080. The minimum atomic E-state index is 0.518. The lowest BCUT2D eigenvalue weighted by Crippen LogP contribution is -2.01. The molecule has 0 unspecified atom stereocenters. The normalized spacial score (nSPS) is 12.1. The molecule has 0 saturated heterocycles. The summed E-state index contributed by atoms with van der Waals surface area (Å²) in [6.07, 6.45) is 11.4. The Balaban J connectivity index is 0.000000228. The van der Waals surface area contributed by atoms with Crippen molar-refractivity contribution in [1.82, 2.24) is 15.3 Å². The number of carbonyl (C=O) groups is 1. The molecule has 0 bridgehead atoms. The molecule has 1 aromatic carbocycles. The minimum absolute atomic E-state index is 0.518. The number of oxazole rings is 1. The molecule has 0 aliphatic heterocycles. The first-order chi connectivity index (χ1) is 14.7. The number of carbonyl (C=O) groups excluding carboxylic acids is 1. The molecule has 6 heteroatoms. The van der Waals surface area contributed by atoms with Gasteiger partial charge in [0.1, 0.15) is 6.29 Å². The molecule has 152 valence electrons. The second-order valence-corrected chi connectivity index (χ2v) is 5.87. The molecule has 0 spiro atoms. The predicted octanol–water partition coefficient (Wildman–Crippen LogP) is 5.07. The zero-order chi connectivity index (χ0) is 21.8. The van der Waals surface area contributed by atoms with Gasteiger partial charge in [0.25, 0.3) is 0 Å². The van der Waals surface area contributed by atoms with Gasteiger partial charge in [-0.3, -0.25) is 4.79 Å². The summed E-state index contributed by atoms with van der Waals surface area (Å²) in [6.45, 7) is 4.00. The summed E-state index contributed by atoms with van der Waals surface area (Å²) in [4.78, 5) is 18.7. The van der Waals surface area contributed by atoms with E-state index >= 15 is 0 Å².